The van der Waals surface area contributed by atoms with Crippen molar-refractivity contribution in [2.45, 2.75) is 26.0 Å². The third-order valence-electron chi connectivity index (χ3n) is 3.27. The van der Waals surface area contributed by atoms with Crippen molar-refractivity contribution in [3.05, 3.63) is 29.3 Å². The van der Waals surface area contributed by atoms with Crippen molar-refractivity contribution in [3.63, 3.8) is 0 Å². The first-order valence-corrected chi connectivity index (χ1v) is 6.88. The minimum atomic E-state index is -0.691. The normalized spacial score (nSPS) is 20.2. The molecule has 2 atom stereocenters. The Balaban J connectivity index is 2.05. The van der Waals surface area contributed by atoms with E-state index in [1.54, 1.807) is 38.1 Å². The number of para-hydroxylation sites is 1. The molecule has 2 rings (SSSR count). The van der Waals surface area contributed by atoms with E-state index in [4.69, 9.17) is 16.3 Å². The standard InChI is InChI=1S/C14H17ClN2O3/c1-9-13(18)16-7-8-17(9)14(19)10(2)20-12-6-4-3-5-11(12)15/h3-6,9-10H,7-8H2,1-2H3,(H,16,18). The maximum Gasteiger partial charge on any atom is 0.264 e. The molecule has 0 spiro atoms. The van der Waals surface area contributed by atoms with Gasteiger partial charge in [0, 0.05) is 13.1 Å². The number of hydrogen-bond acceptors (Lipinski definition) is 3. The first-order chi connectivity index (χ1) is 9.50. The highest BCUT2D eigenvalue weighted by molar-refractivity contribution is 6.32. The van der Waals surface area contributed by atoms with Crippen molar-refractivity contribution in [1.29, 1.82) is 0 Å². The van der Waals surface area contributed by atoms with Gasteiger partial charge in [-0.25, -0.2) is 0 Å². The Morgan fingerprint density at radius 1 is 1.50 bits per heavy atom. The van der Waals surface area contributed by atoms with Gasteiger partial charge in [-0.3, -0.25) is 9.59 Å². The summed E-state index contributed by atoms with van der Waals surface area (Å²) in [6, 6.07) is 6.51. The van der Waals surface area contributed by atoms with E-state index in [2.05, 4.69) is 5.32 Å². The molecule has 20 heavy (non-hydrogen) atoms. The lowest BCUT2D eigenvalue weighted by Crippen LogP contribution is -2.58. The van der Waals surface area contributed by atoms with Crippen molar-refractivity contribution in [2.75, 3.05) is 13.1 Å². The van der Waals surface area contributed by atoms with Gasteiger partial charge in [0.2, 0.25) is 5.91 Å². The first kappa shape index (κ1) is 14.7. The number of piperazine rings is 1. The summed E-state index contributed by atoms with van der Waals surface area (Å²) in [6.07, 6.45) is -0.691. The van der Waals surface area contributed by atoms with Crippen molar-refractivity contribution in [3.8, 4) is 5.75 Å². The van der Waals surface area contributed by atoms with Gasteiger partial charge in [-0.1, -0.05) is 23.7 Å². The molecule has 0 aromatic heterocycles. The number of nitrogens with one attached hydrogen (secondary N) is 1. The second-order valence-electron chi connectivity index (χ2n) is 4.69. The van der Waals surface area contributed by atoms with Gasteiger partial charge in [0.25, 0.3) is 5.91 Å². The van der Waals surface area contributed by atoms with Crippen molar-refractivity contribution >= 4 is 23.4 Å². The number of amides is 2. The molecule has 2 unspecified atom stereocenters. The van der Waals surface area contributed by atoms with Gasteiger partial charge in [-0.15, -0.1) is 0 Å². The summed E-state index contributed by atoms with van der Waals surface area (Å²) in [6.45, 7) is 4.31. The molecule has 1 aromatic rings. The van der Waals surface area contributed by atoms with Crippen LogP contribution >= 0.6 is 11.6 Å². The SMILES string of the molecule is CC(Oc1ccccc1Cl)C(=O)N1CCNC(=O)C1C. The zero-order valence-electron chi connectivity index (χ0n) is 11.4. The summed E-state index contributed by atoms with van der Waals surface area (Å²) in [5, 5.41) is 3.17. The largest absolute Gasteiger partial charge is 0.479 e. The summed E-state index contributed by atoms with van der Waals surface area (Å²) in [4.78, 5) is 25.5. The molecule has 1 saturated heterocycles. The lowest BCUT2D eigenvalue weighted by atomic mass is 10.2. The summed E-state index contributed by atoms with van der Waals surface area (Å²) in [5.41, 5.74) is 0. The highest BCUT2D eigenvalue weighted by atomic mass is 35.5. The minimum absolute atomic E-state index is 0.144. The van der Waals surface area contributed by atoms with E-state index in [0.717, 1.165) is 0 Å². The second kappa shape index (κ2) is 6.13. The molecule has 1 N–H and O–H groups in total. The van der Waals surface area contributed by atoms with Crippen LogP contribution in [0.4, 0.5) is 0 Å². The van der Waals surface area contributed by atoms with Gasteiger partial charge < -0.3 is 15.0 Å². The number of halogens is 1. The molecule has 1 aliphatic rings. The van der Waals surface area contributed by atoms with Crippen LogP contribution in [0.3, 0.4) is 0 Å². The van der Waals surface area contributed by atoms with E-state index in [0.29, 0.717) is 23.9 Å². The molecule has 1 heterocycles. The molecule has 5 nitrogen and oxygen atoms in total. The van der Waals surface area contributed by atoms with Crippen molar-refractivity contribution in [1.82, 2.24) is 10.2 Å². The van der Waals surface area contributed by atoms with Crippen LogP contribution in [-0.4, -0.2) is 41.9 Å². The molecule has 1 fully saturated rings. The van der Waals surface area contributed by atoms with Crippen LogP contribution in [0.25, 0.3) is 0 Å². The molecule has 0 radical (unpaired) electrons. The van der Waals surface area contributed by atoms with E-state index in [9.17, 15) is 9.59 Å². The number of nitrogens with zero attached hydrogens (tertiary/aromatic N) is 1. The van der Waals surface area contributed by atoms with E-state index >= 15 is 0 Å². The van der Waals surface area contributed by atoms with Crippen LogP contribution in [0.2, 0.25) is 5.02 Å². The van der Waals surface area contributed by atoms with Gasteiger partial charge in [0.05, 0.1) is 5.02 Å². The Hall–Kier alpha value is -1.75. The third kappa shape index (κ3) is 3.04. The summed E-state index contributed by atoms with van der Waals surface area (Å²) < 4.78 is 5.59. The fourth-order valence-electron chi connectivity index (χ4n) is 2.10. The van der Waals surface area contributed by atoms with Crippen molar-refractivity contribution < 1.29 is 14.3 Å². The summed E-state index contributed by atoms with van der Waals surface area (Å²) >= 11 is 6.00. The Morgan fingerprint density at radius 2 is 2.20 bits per heavy atom. The molecule has 6 heteroatoms. The van der Waals surface area contributed by atoms with Crippen LogP contribution in [0.15, 0.2) is 24.3 Å². The number of benzene rings is 1. The molecule has 0 saturated carbocycles. The quantitative estimate of drug-likeness (QED) is 0.918. The fraction of sp³-hybridized carbons (Fsp3) is 0.429. The predicted octanol–water partition coefficient (Wildman–Crippen LogP) is 1.45. The number of ether oxygens (including phenoxy) is 1. The fourth-order valence-corrected chi connectivity index (χ4v) is 2.28. The maximum atomic E-state index is 12.3. The Kier molecular flexibility index (Phi) is 4.49. The van der Waals surface area contributed by atoms with Gasteiger partial charge in [-0.2, -0.15) is 0 Å². The monoisotopic (exact) mass is 296 g/mol. The van der Waals surface area contributed by atoms with E-state index in [1.807, 2.05) is 0 Å². The average Bonchev–Trinajstić information content (AvgIpc) is 2.43. The van der Waals surface area contributed by atoms with Crippen LogP contribution in [0.5, 0.6) is 5.75 Å². The molecular formula is C14H17ClN2O3. The van der Waals surface area contributed by atoms with Crippen LogP contribution < -0.4 is 10.1 Å². The Bertz CT molecular complexity index is 521. The van der Waals surface area contributed by atoms with E-state index < -0.39 is 12.1 Å². The van der Waals surface area contributed by atoms with Gasteiger partial charge in [0.1, 0.15) is 11.8 Å². The summed E-state index contributed by atoms with van der Waals surface area (Å²) in [7, 11) is 0. The number of carbonyl (C=O) groups is 2. The first-order valence-electron chi connectivity index (χ1n) is 6.50. The second-order valence-corrected chi connectivity index (χ2v) is 5.10. The molecule has 108 valence electrons. The third-order valence-corrected chi connectivity index (χ3v) is 3.58. The van der Waals surface area contributed by atoms with Crippen molar-refractivity contribution in [2.24, 2.45) is 0 Å². The lowest BCUT2D eigenvalue weighted by molar-refractivity contribution is -0.147. The molecule has 0 bridgehead atoms. The molecular weight excluding hydrogens is 280 g/mol. The van der Waals surface area contributed by atoms with Crippen LogP contribution in [0, 0.1) is 0 Å². The molecule has 0 aliphatic carbocycles. The smallest absolute Gasteiger partial charge is 0.264 e. The van der Waals surface area contributed by atoms with Gasteiger partial charge in [0.15, 0.2) is 6.10 Å². The molecule has 2 amide bonds. The highest BCUT2D eigenvalue weighted by Crippen LogP contribution is 2.24. The summed E-state index contributed by atoms with van der Waals surface area (Å²) in [5.74, 6) is 0.103. The van der Waals surface area contributed by atoms with E-state index in [1.165, 1.54) is 4.90 Å². The number of rotatable bonds is 3. The average molecular weight is 297 g/mol. The molecule has 1 aliphatic heterocycles. The van der Waals surface area contributed by atoms with Gasteiger partial charge in [-0.05, 0) is 26.0 Å². The zero-order valence-corrected chi connectivity index (χ0v) is 12.2. The number of carbonyl (C=O) groups excluding carboxylic acids is 2. The van der Waals surface area contributed by atoms with Gasteiger partial charge >= 0.3 is 0 Å². The Labute approximate surface area is 122 Å². The zero-order chi connectivity index (χ0) is 14.7. The van der Waals surface area contributed by atoms with Crippen LogP contribution in [-0.2, 0) is 9.59 Å². The minimum Gasteiger partial charge on any atom is -0.479 e. The predicted molar refractivity (Wildman–Crippen MR) is 75.7 cm³/mol. The lowest BCUT2D eigenvalue weighted by Gasteiger charge is -2.34. The van der Waals surface area contributed by atoms with E-state index in [-0.39, 0.29) is 11.8 Å². The van der Waals surface area contributed by atoms with Crippen LogP contribution in [0.1, 0.15) is 13.8 Å². The number of hydrogen-bond donors (Lipinski definition) is 1. The Morgan fingerprint density at radius 3 is 2.90 bits per heavy atom. The molecule has 1 aromatic carbocycles. The maximum absolute atomic E-state index is 12.3. The highest BCUT2D eigenvalue weighted by Gasteiger charge is 2.32. The topological polar surface area (TPSA) is 58.6 Å².